The van der Waals surface area contributed by atoms with E-state index in [1.54, 1.807) is 23.6 Å². The van der Waals surface area contributed by atoms with Gasteiger partial charge in [-0.15, -0.1) is 10.2 Å². The van der Waals surface area contributed by atoms with Crippen molar-refractivity contribution in [2.45, 2.75) is 45.0 Å². The second kappa shape index (κ2) is 8.83. The highest BCUT2D eigenvalue weighted by Gasteiger charge is 2.34. The second-order valence-corrected chi connectivity index (χ2v) is 8.30. The molecular formula is C23H24N4O2S. The number of carbonyl (C=O) groups is 1. The fourth-order valence-corrected chi connectivity index (χ4v) is 4.23. The minimum absolute atomic E-state index is 0.119. The van der Waals surface area contributed by atoms with E-state index in [4.69, 9.17) is 4.74 Å². The zero-order chi connectivity index (χ0) is 21.1. The number of aryl methyl sites for hydroxylation is 1. The first kappa shape index (κ1) is 20.3. The van der Waals surface area contributed by atoms with Gasteiger partial charge in [-0.25, -0.2) is 0 Å². The Hall–Kier alpha value is -2.93. The monoisotopic (exact) mass is 420 g/mol. The standard InChI is InChI=1S/C23H24N4O2S/c1-4-5-14-30-23-24-21-20(25-26-23)18-8-6-7-9-19(18)27(16(3)28)22(29-21)17-12-10-15(2)11-13-17/h6-13,22H,4-5,14H2,1-3H3/t22-/m0/s1. The summed E-state index contributed by atoms with van der Waals surface area (Å²) in [5, 5.41) is 9.32. The number of carbonyl (C=O) groups excluding carboxylic acids is 1. The molecule has 3 aromatic rings. The largest absolute Gasteiger partial charge is 0.447 e. The maximum absolute atomic E-state index is 12.7. The van der Waals surface area contributed by atoms with Crippen molar-refractivity contribution >= 4 is 23.4 Å². The normalized spacial score (nSPS) is 15.0. The Morgan fingerprint density at radius 2 is 1.90 bits per heavy atom. The molecule has 1 aliphatic heterocycles. The van der Waals surface area contributed by atoms with Crippen LogP contribution in [0.15, 0.2) is 53.7 Å². The van der Waals surface area contributed by atoms with Crippen molar-refractivity contribution < 1.29 is 9.53 Å². The average molecular weight is 421 g/mol. The van der Waals surface area contributed by atoms with Crippen molar-refractivity contribution in [3.8, 4) is 17.1 Å². The van der Waals surface area contributed by atoms with E-state index in [0.717, 1.165) is 41.0 Å². The number of thioether (sulfide) groups is 1. The predicted molar refractivity (Wildman–Crippen MR) is 119 cm³/mol. The molecule has 7 heteroatoms. The molecule has 1 aliphatic rings. The minimum Gasteiger partial charge on any atom is -0.447 e. The maximum Gasteiger partial charge on any atom is 0.247 e. The first-order chi connectivity index (χ1) is 14.6. The van der Waals surface area contributed by atoms with Crippen LogP contribution in [0.2, 0.25) is 0 Å². The number of nitrogens with zero attached hydrogens (tertiary/aromatic N) is 4. The van der Waals surface area contributed by atoms with Gasteiger partial charge >= 0.3 is 0 Å². The van der Waals surface area contributed by atoms with Gasteiger partial charge in [-0.3, -0.25) is 9.69 Å². The summed E-state index contributed by atoms with van der Waals surface area (Å²) >= 11 is 1.57. The first-order valence-corrected chi connectivity index (χ1v) is 11.1. The third-order valence-corrected chi connectivity index (χ3v) is 5.87. The van der Waals surface area contributed by atoms with Crippen LogP contribution < -0.4 is 9.64 Å². The summed E-state index contributed by atoms with van der Waals surface area (Å²) in [6.45, 7) is 5.73. The SMILES string of the molecule is CCCCSc1nnc2c(n1)O[C@@H](c1ccc(C)cc1)N(C(C)=O)c1ccccc1-2. The number of hydrogen-bond donors (Lipinski definition) is 0. The van der Waals surface area contributed by atoms with Gasteiger partial charge in [0.25, 0.3) is 0 Å². The number of anilines is 1. The molecule has 30 heavy (non-hydrogen) atoms. The van der Waals surface area contributed by atoms with E-state index in [1.165, 1.54) is 0 Å². The summed E-state index contributed by atoms with van der Waals surface area (Å²) in [6.07, 6.45) is 1.55. The third-order valence-electron chi connectivity index (χ3n) is 4.94. The fraction of sp³-hybridized carbons (Fsp3) is 0.304. The molecular weight excluding hydrogens is 396 g/mol. The first-order valence-electron chi connectivity index (χ1n) is 10.1. The molecule has 2 heterocycles. The van der Waals surface area contributed by atoms with Crippen molar-refractivity contribution in [3.05, 3.63) is 59.7 Å². The van der Waals surface area contributed by atoms with Crippen LogP contribution >= 0.6 is 11.8 Å². The Bertz CT molecular complexity index is 1060. The quantitative estimate of drug-likeness (QED) is 0.418. The highest BCUT2D eigenvalue weighted by atomic mass is 32.2. The van der Waals surface area contributed by atoms with E-state index in [-0.39, 0.29) is 5.91 Å². The van der Waals surface area contributed by atoms with Crippen LogP contribution in [-0.2, 0) is 4.79 Å². The molecule has 0 unspecified atom stereocenters. The lowest BCUT2D eigenvalue weighted by Crippen LogP contribution is -2.36. The summed E-state index contributed by atoms with van der Waals surface area (Å²) in [7, 11) is 0. The molecule has 0 saturated carbocycles. The smallest absolute Gasteiger partial charge is 0.247 e. The number of unbranched alkanes of at least 4 members (excludes halogenated alkanes) is 1. The molecule has 154 valence electrons. The van der Waals surface area contributed by atoms with Crippen molar-refractivity contribution in [2.75, 3.05) is 10.7 Å². The van der Waals surface area contributed by atoms with Crippen LogP contribution in [0.1, 0.15) is 44.0 Å². The van der Waals surface area contributed by atoms with E-state index in [0.29, 0.717) is 16.7 Å². The van der Waals surface area contributed by atoms with Crippen molar-refractivity contribution in [1.82, 2.24) is 15.2 Å². The van der Waals surface area contributed by atoms with Gasteiger partial charge in [0.15, 0.2) is 5.69 Å². The fourth-order valence-electron chi connectivity index (χ4n) is 3.37. The van der Waals surface area contributed by atoms with E-state index in [2.05, 4.69) is 22.1 Å². The van der Waals surface area contributed by atoms with Crippen LogP contribution in [0.4, 0.5) is 5.69 Å². The highest BCUT2D eigenvalue weighted by molar-refractivity contribution is 7.99. The Morgan fingerprint density at radius 3 is 2.63 bits per heavy atom. The number of rotatable bonds is 5. The molecule has 0 spiro atoms. The van der Waals surface area contributed by atoms with E-state index in [9.17, 15) is 4.79 Å². The van der Waals surface area contributed by atoms with Crippen LogP contribution in [0.25, 0.3) is 11.3 Å². The molecule has 4 rings (SSSR count). The average Bonchev–Trinajstić information content (AvgIpc) is 2.89. The number of aromatic nitrogens is 3. The number of para-hydroxylation sites is 1. The Balaban J connectivity index is 1.84. The molecule has 6 nitrogen and oxygen atoms in total. The summed E-state index contributed by atoms with van der Waals surface area (Å²) in [5.41, 5.74) is 4.07. The second-order valence-electron chi connectivity index (χ2n) is 7.24. The van der Waals surface area contributed by atoms with Crippen LogP contribution in [0.5, 0.6) is 5.88 Å². The summed E-state index contributed by atoms with van der Waals surface area (Å²) in [4.78, 5) is 19.1. The topological polar surface area (TPSA) is 68.2 Å². The van der Waals surface area contributed by atoms with Crippen LogP contribution in [0.3, 0.4) is 0 Å². The molecule has 0 fully saturated rings. The lowest BCUT2D eigenvalue weighted by Gasteiger charge is -2.29. The molecule has 0 aliphatic carbocycles. The van der Waals surface area contributed by atoms with Gasteiger partial charge in [-0.1, -0.05) is 73.1 Å². The number of fused-ring (bicyclic) bond motifs is 3. The Labute approximate surface area is 180 Å². The van der Waals surface area contributed by atoms with Crippen molar-refractivity contribution in [2.24, 2.45) is 0 Å². The van der Waals surface area contributed by atoms with Crippen LogP contribution in [0, 0.1) is 6.92 Å². The third kappa shape index (κ3) is 4.03. The van der Waals surface area contributed by atoms with Crippen molar-refractivity contribution in [1.29, 1.82) is 0 Å². The van der Waals surface area contributed by atoms with Gasteiger partial charge in [0.1, 0.15) is 0 Å². The van der Waals surface area contributed by atoms with Gasteiger partial charge in [0.2, 0.25) is 23.2 Å². The van der Waals surface area contributed by atoms with Crippen LogP contribution in [-0.4, -0.2) is 26.8 Å². The summed E-state index contributed by atoms with van der Waals surface area (Å²) in [6, 6.07) is 15.6. The number of ether oxygens (including phenoxy) is 1. The molecule has 0 N–H and O–H groups in total. The zero-order valence-corrected chi connectivity index (χ0v) is 18.1. The summed E-state index contributed by atoms with van der Waals surface area (Å²) < 4.78 is 6.36. The zero-order valence-electron chi connectivity index (χ0n) is 17.3. The van der Waals surface area contributed by atoms with Gasteiger partial charge in [0.05, 0.1) is 5.69 Å². The van der Waals surface area contributed by atoms with Gasteiger partial charge < -0.3 is 4.74 Å². The van der Waals surface area contributed by atoms with E-state index < -0.39 is 6.23 Å². The lowest BCUT2D eigenvalue weighted by molar-refractivity contribution is -0.118. The number of amides is 1. The van der Waals surface area contributed by atoms with Gasteiger partial charge in [-0.05, 0) is 19.4 Å². The van der Waals surface area contributed by atoms with Gasteiger partial charge in [-0.2, -0.15) is 4.98 Å². The highest BCUT2D eigenvalue weighted by Crippen LogP contribution is 2.43. The molecule has 0 radical (unpaired) electrons. The molecule has 0 saturated heterocycles. The van der Waals surface area contributed by atoms with E-state index in [1.807, 2.05) is 55.5 Å². The molecule has 1 aromatic heterocycles. The Morgan fingerprint density at radius 1 is 1.13 bits per heavy atom. The lowest BCUT2D eigenvalue weighted by atomic mass is 10.1. The molecule has 1 atom stereocenters. The number of hydrogen-bond acceptors (Lipinski definition) is 6. The molecule has 2 aromatic carbocycles. The Kier molecular flexibility index (Phi) is 5.99. The minimum atomic E-state index is -0.643. The van der Waals surface area contributed by atoms with Crippen molar-refractivity contribution in [3.63, 3.8) is 0 Å². The maximum atomic E-state index is 12.7. The number of benzene rings is 2. The van der Waals surface area contributed by atoms with E-state index >= 15 is 0 Å². The predicted octanol–water partition coefficient (Wildman–Crippen LogP) is 5.18. The molecule has 0 bridgehead atoms. The van der Waals surface area contributed by atoms with Gasteiger partial charge in [0, 0.05) is 23.8 Å². The molecule has 1 amide bonds. The summed E-state index contributed by atoms with van der Waals surface area (Å²) in [5.74, 6) is 1.20.